The lowest BCUT2D eigenvalue weighted by atomic mass is 10.1. The minimum atomic E-state index is -1.04. The lowest BCUT2D eigenvalue weighted by Crippen LogP contribution is -2.47. The van der Waals surface area contributed by atoms with Crippen molar-refractivity contribution in [1.29, 1.82) is 0 Å². The minimum Gasteiger partial charge on any atom is -0.480 e. The van der Waals surface area contributed by atoms with Crippen LogP contribution < -0.4 is 11.1 Å². The SMILES string of the molecule is O=C(O)C1CCCCCN1C(=O)Cn1[nH]c(=O)ccc1=O. The molecule has 8 heteroatoms. The summed E-state index contributed by atoms with van der Waals surface area (Å²) < 4.78 is 0.897. The predicted molar refractivity (Wildman–Crippen MR) is 72.9 cm³/mol. The third-order valence-electron chi connectivity index (χ3n) is 3.54. The van der Waals surface area contributed by atoms with Crippen LogP contribution in [0.15, 0.2) is 21.7 Å². The fraction of sp³-hybridized carbons (Fsp3) is 0.538. The van der Waals surface area contributed by atoms with Crippen LogP contribution in [0.2, 0.25) is 0 Å². The molecule has 114 valence electrons. The first-order valence-corrected chi connectivity index (χ1v) is 6.81. The molecule has 8 nitrogen and oxygen atoms in total. The molecular formula is C13H17N3O5. The monoisotopic (exact) mass is 295 g/mol. The van der Waals surface area contributed by atoms with Gasteiger partial charge in [-0.15, -0.1) is 0 Å². The summed E-state index contributed by atoms with van der Waals surface area (Å²) in [6.07, 6.45) is 2.76. The van der Waals surface area contributed by atoms with Gasteiger partial charge in [0.25, 0.3) is 11.1 Å². The summed E-state index contributed by atoms with van der Waals surface area (Å²) in [7, 11) is 0. The van der Waals surface area contributed by atoms with E-state index in [1.165, 1.54) is 4.90 Å². The summed E-state index contributed by atoms with van der Waals surface area (Å²) in [4.78, 5) is 47.6. The largest absolute Gasteiger partial charge is 0.480 e. The number of aliphatic carboxylic acids is 1. The zero-order valence-electron chi connectivity index (χ0n) is 11.4. The number of H-pyrrole nitrogens is 1. The number of likely N-dealkylation sites (tertiary alicyclic amines) is 1. The minimum absolute atomic E-state index is 0.349. The zero-order valence-corrected chi connectivity index (χ0v) is 11.4. The summed E-state index contributed by atoms with van der Waals surface area (Å²) in [5.74, 6) is -1.52. The van der Waals surface area contributed by atoms with Crippen LogP contribution in [0, 0.1) is 0 Å². The number of aromatic nitrogens is 2. The van der Waals surface area contributed by atoms with Gasteiger partial charge in [0.15, 0.2) is 0 Å². The van der Waals surface area contributed by atoms with Crippen molar-refractivity contribution in [3.8, 4) is 0 Å². The molecule has 1 aliphatic heterocycles. The lowest BCUT2D eigenvalue weighted by molar-refractivity contribution is -0.150. The van der Waals surface area contributed by atoms with E-state index in [4.69, 9.17) is 0 Å². The van der Waals surface area contributed by atoms with Crippen LogP contribution >= 0.6 is 0 Å². The van der Waals surface area contributed by atoms with Crippen LogP contribution in [-0.4, -0.2) is 44.3 Å². The topological polar surface area (TPSA) is 112 Å². The number of aromatic amines is 1. The van der Waals surface area contributed by atoms with Gasteiger partial charge in [0.2, 0.25) is 5.91 Å². The molecule has 1 amide bonds. The zero-order chi connectivity index (χ0) is 15.4. The molecular weight excluding hydrogens is 278 g/mol. The van der Waals surface area contributed by atoms with Gasteiger partial charge >= 0.3 is 5.97 Å². The maximum atomic E-state index is 12.3. The van der Waals surface area contributed by atoms with E-state index >= 15 is 0 Å². The Morgan fingerprint density at radius 1 is 1.24 bits per heavy atom. The molecule has 1 aliphatic rings. The molecule has 0 radical (unpaired) electrons. The number of carbonyl (C=O) groups is 2. The van der Waals surface area contributed by atoms with Crippen molar-refractivity contribution in [2.75, 3.05) is 6.54 Å². The maximum absolute atomic E-state index is 12.3. The Balaban J connectivity index is 2.20. The first kappa shape index (κ1) is 15.0. The fourth-order valence-electron chi connectivity index (χ4n) is 2.47. The van der Waals surface area contributed by atoms with Crippen LogP contribution in [0.1, 0.15) is 25.7 Å². The van der Waals surface area contributed by atoms with Crippen molar-refractivity contribution in [3.63, 3.8) is 0 Å². The predicted octanol–water partition coefficient (Wildman–Crippen LogP) is -0.608. The van der Waals surface area contributed by atoms with E-state index in [0.717, 1.165) is 36.1 Å². The number of amides is 1. The lowest BCUT2D eigenvalue weighted by Gasteiger charge is -2.27. The van der Waals surface area contributed by atoms with Crippen LogP contribution in [0.4, 0.5) is 0 Å². The van der Waals surface area contributed by atoms with E-state index in [1.807, 2.05) is 0 Å². The molecule has 1 atom stereocenters. The Morgan fingerprint density at radius 3 is 2.71 bits per heavy atom. The second-order valence-electron chi connectivity index (χ2n) is 5.02. The Labute approximate surface area is 120 Å². The standard InChI is InChI=1S/C13H17N3O5/c17-10-5-6-11(18)16(14-10)8-12(19)15-7-3-1-2-4-9(15)13(20)21/h5-6,9H,1-4,7-8H2,(H,14,17)(H,20,21). The van der Waals surface area contributed by atoms with Gasteiger partial charge in [-0.05, 0) is 12.8 Å². The molecule has 0 aliphatic carbocycles. The van der Waals surface area contributed by atoms with Gasteiger partial charge in [-0.2, -0.15) is 0 Å². The van der Waals surface area contributed by atoms with Crippen molar-refractivity contribution < 1.29 is 14.7 Å². The third-order valence-corrected chi connectivity index (χ3v) is 3.54. The second kappa shape index (κ2) is 6.38. The second-order valence-corrected chi connectivity index (χ2v) is 5.02. The molecule has 2 rings (SSSR count). The van der Waals surface area contributed by atoms with E-state index in [9.17, 15) is 24.3 Å². The molecule has 1 aromatic heterocycles. The summed E-state index contributed by atoms with van der Waals surface area (Å²) >= 11 is 0. The highest BCUT2D eigenvalue weighted by molar-refractivity contribution is 5.83. The smallest absolute Gasteiger partial charge is 0.326 e. The van der Waals surface area contributed by atoms with Crippen LogP contribution in [0.3, 0.4) is 0 Å². The van der Waals surface area contributed by atoms with E-state index in [2.05, 4.69) is 5.10 Å². The molecule has 0 saturated carbocycles. The van der Waals surface area contributed by atoms with Crippen molar-refractivity contribution in [2.45, 2.75) is 38.3 Å². The van der Waals surface area contributed by atoms with Crippen molar-refractivity contribution in [3.05, 3.63) is 32.8 Å². The summed E-state index contributed by atoms with van der Waals surface area (Å²) in [6.45, 7) is -0.0136. The number of hydrogen-bond acceptors (Lipinski definition) is 4. The highest BCUT2D eigenvalue weighted by atomic mass is 16.4. The van der Waals surface area contributed by atoms with Gasteiger partial charge in [0.05, 0.1) is 0 Å². The quantitative estimate of drug-likeness (QED) is 0.772. The fourth-order valence-corrected chi connectivity index (χ4v) is 2.47. The molecule has 1 fully saturated rings. The molecule has 2 N–H and O–H groups in total. The van der Waals surface area contributed by atoms with Crippen LogP contribution in [-0.2, 0) is 16.1 Å². The average molecular weight is 295 g/mol. The Hall–Kier alpha value is -2.38. The van der Waals surface area contributed by atoms with E-state index in [-0.39, 0.29) is 6.54 Å². The Bertz CT molecular complexity index is 648. The number of carboxylic acids is 1. The summed E-state index contributed by atoms with van der Waals surface area (Å²) in [5.41, 5.74) is -1.00. The van der Waals surface area contributed by atoms with Crippen molar-refractivity contribution in [1.82, 2.24) is 14.7 Å². The Kier molecular flexibility index (Phi) is 4.56. The van der Waals surface area contributed by atoms with E-state index in [0.29, 0.717) is 13.0 Å². The highest BCUT2D eigenvalue weighted by Gasteiger charge is 2.30. The molecule has 1 aromatic rings. The van der Waals surface area contributed by atoms with E-state index in [1.54, 1.807) is 0 Å². The third kappa shape index (κ3) is 3.59. The maximum Gasteiger partial charge on any atom is 0.326 e. The molecule has 1 saturated heterocycles. The van der Waals surface area contributed by atoms with Gasteiger partial charge in [0.1, 0.15) is 12.6 Å². The normalized spacial score (nSPS) is 19.0. The Morgan fingerprint density at radius 2 is 2.00 bits per heavy atom. The van der Waals surface area contributed by atoms with Crippen LogP contribution in [0.25, 0.3) is 0 Å². The molecule has 1 unspecified atom stereocenters. The number of hydrogen-bond donors (Lipinski definition) is 2. The first-order chi connectivity index (χ1) is 9.99. The first-order valence-electron chi connectivity index (χ1n) is 6.81. The molecule has 0 spiro atoms. The van der Waals surface area contributed by atoms with Gasteiger partial charge < -0.3 is 10.0 Å². The van der Waals surface area contributed by atoms with Gasteiger partial charge in [0, 0.05) is 18.7 Å². The van der Waals surface area contributed by atoms with Crippen molar-refractivity contribution in [2.24, 2.45) is 0 Å². The highest BCUT2D eigenvalue weighted by Crippen LogP contribution is 2.17. The van der Waals surface area contributed by atoms with Crippen molar-refractivity contribution >= 4 is 11.9 Å². The molecule has 0 bridgehead atoms. The summed E-state index contributed by atoms with van der Waals surface area (Å²) in [5, 5.41) is 11.5. The van der Waals surface area contributed by atoms with Gasteiger partial charge in [-0.3, -0.25) is 19.5 Å². The molecule has 21 heavy (non-hydrogen) atoms. The molecule has 0 aromatic carbocycles. The van der Waals surface area contributed by atoms with Crippen LogP contribution in [0.5, 0.6) is 0 Å². The average Bonchev–Trinajstić information content (AvgIpc) is 2.68. The number of nitrogens with zero attached hydrogens (tertiary/aromatic N) is 2. The number of carbonyl (C=O) groups excluding carboxylic acids is 1. The number of rotatable bonds is 3. The number of nitrogens with one attached hydrogen (secondary N) is 1. The van der Waals surface area contributed by atoms with Gasteiger partial charge in [-0.1, -0.05) is 12.8 Å². The summed E-state index contributed by atoms with van der Waals surface area (Å²) in [6, 6.07) is 1.28. The molecule has 2 heterocycles. The number of carboxylic acid groups (broad SMARTS) is 1. The van der Waals surface area contributed by atoms with E-state index < -0.39 is 29.0 Å². The van der Waals surface area contributed by atoms with Gasteiger partial charge in [-0.25, -0.2) is 9.48 Å².